The third kappa shape index (κ3) is 6.21. The van der Waals surface area contributed by atoms with Crippen LogP contribution in [0.25, 0.3) is 10.9 Å². The molecule has 0 atom stereocenters. The summed E-state index contributed by atoms with van der Waals surface area (Å²) in [6.07, 6.45) is 1.05. The third-order valence-electron chi connectivity index (χ3n) is 5.84. The summed E-state index contributed by atoms with van der Waals surface area (Å²) >= 11 is 0. The Labute approximate surface area is 214 Å². The second kappa shape index (κ2) is 10.7. The Morgan fingerprint density at radius 3 is 2.30 bits per heavy atom. The minimum absolute atomic E-state index is 0.119. The lowest BCUT2D eigenvalue weighted by molar-refractivity contribution is 0.0141. The number of nitrogens with zero attached hydrogens (tertiary/aromatic N) is 4. The van der Waals surface area contributed by atoms with E-state index in [1.807, 2.05) is 45.0 Å². The van der Waals surface area contributed by atoms with Gasteiger partial charge in [0.15, 0.2) is 0 Å². The van der Waals surface area contributed by atoms with Crippen molar-refractivity contribution in [3.8, 4) is 0 Å². The number of pyridine rings is 1. The molecule has 1 aliphatic rings. The van der Waals surface area contributed by atoms with E-state index in [1.54, 1.807) is 40.1 Å². The zero-order valence-corrected chi connectivity index (χ0v) is 21.1. The number of carbonyl (C=O) groups excluding carboxylic acids is 2. The first-order valence-electron chi connectivity index (χ1n) is 12.0. The van der Waals surface area contributed by atoms with Crippen molar-refractivity contribution in [3.63, 3.8) is 0 Å². The van der Waals surface area contributed by atoms with Crippen LogP contribution in [0.4, 0.5) is 10.5 Å². The van der Waals surface area contributed by atoms with E-state index in [1.165, 1.54) is 6.21 Å². The van der Waals surface area contributed by atoms with E-state index in [2.05, 4.69) is 15.1 Å². The summed E-state index contributed by atoms with van der Waals surface area (Å²) < 4.78 is 5.41. The quantitative estimate of drug-likeness (QED) is 0.321. The molecule has 0 saturated carbocycles. The zero-order chi connectivity index (χ0) is 26.6. The van der Waals surface area contributed by atoms with Gasteiger partial charge in [-0.05, 0) is 62.6 Å². The van der Waals surface area contributed by atoms with E-state index in [-0.39, 0.29) is 23.3 Å². The minimum atomic E-state index is -0.559. The molecule has 0 spiro atoms. The fraction of sp³-hybridized carbons (Fsp3) is 0.296. The number of nitrogens with two attached hydrogens (primary N) is 1. The van der Waals surface area contributed by atoms with Crippen LogP contribution in [-0.4, -0.2) is 70.5 Å². The van der Waals surface area contributed by atoms with Gasteiger partial charge in [0.2, 0.25) is 0 Å². The molecule has 10 nitrogen and oxygen atoms in total. The van der Waals surface area contributed by atoms with Crippen molar-refractivity contribution in [1.29, 1.82) is 0 Å². The number of hydrogen-bond donors (Lipinski definition) is 2. The fourth-order valence-electron chi connectivity index (χ4n) is 3.94. The van der Waals surface area contributed by atoms with Gasteiger partial charge in [-0.1, -0.05) is 18.2 Å². The van der Waals surface area contributed by atoms with Gasteiger partial charge in [0.05, 0.1) is 17.5 Å². The second-order valence-electron chi connectivity index (χ2n) is 9.68. The van der Waals surface area contributed by atoms with Crippen LogP contribution in [0, 0.1) is 0 Å². The highest BCUT2D eigenvalue weighted by atomic mass is 16.6. The average Bonchev–Trinajstić information content (AvgIpc) is 2.88. The Hall–Kier alpha value is -4.47. The molecule has 1 fully saturated rings. The second-order valence-corrected chi connectivity index (χ2v) is 9.68. The first-order chi connectivity index (χ1) is 17.6. The Balaban J connectivity index is 1.39. The van der Waals surface area contributed by atoms with Crippen LogP contribution in [0.5, 0.6) is 0 Å². The molecular formula is C27H30N6O4. The van der Waals surface area contributed by atoms with E-state index in [9.17, 15) is 14.4 Å². The van der Waals surface area contributed by atoms with Gasteiger partial charge in [-0.25, -0.2) is 4.79 Å². The molecule has 0 unspecified atom stereocenters. The molecule has 2 amide bonds. The Morgan fingerprint density at radius 2 is 1.65 bits per heavy atom. The number of benzene rings is 2. The maximum absolute atomic E-state index is 12.9. The SMILES string of the molecule is CC(C)(C)OC(=O)N1CCN(C(=O)c2ccc(N=CC(=NN)c3cc4ccccc4[nH]c3=O)cc2)CC1. The number of para-hydroxylation sites is 1. The molecule has 2 aromatic carbocycles. The van der Waals surface area contributed by atoms with E-state index < -0.39 is 5.60 Å². The number of piperazine rings is 1. The van der Waals surface area contributed by atoms with E-state index in [0.717, 1.165) is 10.9 Å². The number of ether oxygens (including phenoxy) is 1. The van der Waals surface area contributed by atoms with E-state index in [4.69, 9.17) is 10.6 Å². The summed E-state index contributed by atoms with van der Waals surface area (Å²) in [4.78, 5) is 48.2. The summed E-state index contributed by atoms with van der Waals surface area (Å²) in [5.41, 5.74) is 1.47. The Kier molecular flexibility index (Phi) is 7.37. The molecule has 1 aliphatic heterocycles. The number of carbonyl (C=O) groups is 2. The number of aromatic amines is 1. The first-order valence-corrected chi connectivity index (χ1v) is 12.0. The van der Waals surface area contributed by atoms with Crippen molar-refractivity contribution in [2.75, 3.05) is 26.2 Å². The van der Waals surface area contributed by atoms with Crippen LogP contribution in [0.1, 0.15) is 36.7 Å². The largest absolute Gasteiger partial charge is 0.444 e. The lowest BCUT2D eigenvalue weighted by Crippen LogP contribution is -2.51. The number of aromatic nitrogens is 1. The lowest BCUT2D eigenvalue weighted by atomic mass is 10.1. The molecule has 3 aromatic rings. The topological polar surface area (TPSA) is 133 Å². The monoisotopic (exact) mass is 502 g/mol. The number of aliphatic imine (C=N–C) groups is 1. The maximum Gasteiger partial charge on any atom is 0.410 e. The van der Waals surface area contributed by atoms with Gasteiger partial charge in [-0.3, -0.25) is 14.6 Å². The molecule has 3 N–H and O–H groups in total. The maximum atomic E-state index is 12.9. The van der Waals surface area contributed by atoms with Gasteiger partial charge in [0.25, 0.3) is 11.5 Å². The number of nitrogens with one attached hydrogen (secondary N) is 1. The highest BCUT2D eigenvalue weighted by molar-refractivity contribution is 6.38. The molecule has 0 radical (unpaired) electrons. The molecule has 1 aromatic heterocycles. The number of amides is 2. The lowest BCUT2D eigenvalue weighted by Gasteiger charge is -2.35. The number of H-pyrrole nitrogens is 1. The van der Waals surface area contributed by atoms with Gasteiger partial charge in [-0.15, -0.1) is 0 Å². The summed E-state index contributed by atoms with van der Waals surface area (Å²) in [6.45, 7) is 7.15. The van der Waals surface area contributed by atoms with Crippen molar-refractivity contribution in [2.24, 2.45) is 15.9 Å². The molecule has 37 heavy (non-hydrogen) atoms. The van der Waals surface area contributed by atoms with Crippen LogP contribution in [-0.2, 0) is 4.74 Å². The van der Waals surface area contributed by atoms with E-state index >= 15 is 0 Å². The molecule has 0 aliphatic carbocycles. The molecular weight excluding hydrogens is 472 g/mol. The minimum Gasteiger partial charge on any atom is -0.444 e. The summed E-state index contributed by atoms with van der Waals surface area (Å²) in [5.74, 6) is 5.43. The van der Waals surface area contributed by atoms with Crippen molar-refractivity contribution in [1.82, 2.24) is 14.8 Å². The predicted octanol–water partition coefficient (Wildman–Crippen LogP) is 3.29. The van der Waals surface area contributed by atoms with Crippen molar-refractivity contribution in [2.45, 2.75) is 26.4 Å². The number of hydrogen-bond acceptors (Lipinski definition) is 7. The number of rotatable bonds is 4. The van der Waals surface area contributed by atoms with Crippen LogP contribution in [0.15, 0.2) is 69.5 Å². The normalized spacial score (nSPS) is 14.8. The number of hydrazone groups is 1. The van der Waals surface area contributed by atoms with Crippen molar-refractivity contribution in [3.05, 3.63) is 76.1 Å². The fourth-order valence-corrected chi connectivity index (χ4v) is 3.94. The summed E-state index contributed by atoms with van der Waals surface area (Å²) in [5, 5.41) is 4.58. The Bertz CT molecular complexity index is 1410. The van der Waals surface area contributed by atoms with Gasteiger partial charge in [0, 0.05) is 37.3 Å². The van der Waals surface area contributed by atoms with E-state index in [0.29, 0.717) is 43.0 Å². The van der Waals surface area contributed by atoms with Gasteiger partial charge in [0.1, 0.15) is 11.3 Å². The molecule has 4 rings (SSSR count). The molecule has 0 bridgehead atoms. The van der Waals surface area contributed by atoms with Crippen LogP contribution < -0.4 is 11.4 Å². The highest BCUT2D eigenvalue weighted by Gasteiger charge is 2.28. The predicted molar refractivity (Wildman–Crippen MR) is 144 cm³/mol. The molecule has 1 saturated heterocycles. The molecule has 2 heterocycles. The zero-order valence-electron chi connectivity index (χ0n) is 21.1. The highest BCUT2D eigenvalue weighted by Crippen LogP contribution is 2.17. The average molecular weight is 503 g/mol. The van der Waals surface area contributed by atoms with Gasteiger partial charge >= 0.3 is 6.09 Å². The summed E-state index contributed by atoms with van der Waals surface area (Å²) in [6, 6.07) is 15.9. The number of fused-ring (bicyclic) bond motifs is 1. The summed E-state index contributed by atoms with van der Waals surface area (Å²) in [7, 11) is 0. The smallest absolute Gasteiger partial charge is 0.410 e. The Morgan fingerprint density at radius 1 is 1.00 bits per heavy atom. The third-order valence-corrected chi connectivity index (χ3v) is 5.84. The van der Waals surface area contributed by atoms with Gasteiger partial charge in [-0.2, -0.15) is 5.10 Å². The molecule has 192 valence electrons. The van der Waals surface area contributed by atoms with Gasteiger partial charge < -0.3 is 25.4 Å². The van der Waals surface area contributed by atoms with Crippen molar-refractivity contribution >= 4 is 40.5 Å². The van der Waals surface area contributed by atoms with Crippen LogP contribution >= 0.6 is 0 Å². The molecule has 10 heteroatoms. The van der Waals surface area contributed by atoms with Crippen molar-refractivity contribution < 1.29 is 14.3 Å². The first kappa shape index (κ1) is 25.6. The van der Waals surface area contributed by atoms with Crippen LogP contribution in [0.3, 0.4) is 0 Å². The standard InChI is InChI=1S/C27H30N6O4/c1-27(2,3)37-26(36)33-14-12-32(13-15-33)25(35)18-8-10-20(11-9-18)29-17-23(31-28)21-16-19-6-4-5-7-22(19)30-24(21)34/h4-11,16-17H,12-15,28H2,1-3H3,(H,30,34). The van der Waals surface area contributed by atoms with Crippen LogP contribution in [0.2, 0.25) is 0 Å².